The minimum atomic E-state index is -0.252. The van der Waals surface area contributed by atoms with Crippen LogP contribution < -0.4 is 5.32 Å². The zero-order chi connectivity index (χ0) is 14.5. The van der Waals surface area contributed by atoms with Gasteiger partial charge in [0.05, 0.1) is 5.69 Å². The van der Waals surface area contributed by atoms with Crippen LogP contribution in [0, 0.1) is 0 Å². The highest BCUT2D eigenvalue weighted by Gasteiger charge is 2.13. The Bertz CT molecular complexity index is 638. The molecule has 0 aliphatic carbocycles. The summed E-state index contributed by atoms with van der Waals surface area (Å²) in [5.41, 5.74) is 1.46. The van der Waals surface area contributed by atoms with E-state index in [2.05, 4.69) is 5.32 Å². The van der Waals surface area contributed by atoms with Crippen molar-refractivity contribution in [2.24, 2.45) is 0 Å². The molecule has 0 aliphatic heterocycles. The first-order chi connectivity index (χ1) is 9.61. The number of amides is 1. The Kier molecular flexibility index (Phi) is 4.53. The molecule has 0 saturated heterocycles. The second kappa shape index (κ2) is 6.35. The van der Waals surface area contributed by atoms with Gasteiger partial charge in [-0.3, -0.25) is 9.59 Å². The number of hydrogen-bond acceptors (Lipinski definition) is 2. The first kappa shape index (κ1) is 14.3. The summed E-state index contributed by atoms with van der Waals surface area (Å²) in [6.45, 7) is 1.77. The molecule has 20 heavy (non-hydrogen) atoms. The summed E-state index contributed by atoms with van der Waals surface area (Å²) < 4.78 is 0. The lowest BCUT2D eigenvalue weighted by atomic mass is 10.1. The van der Waals surface area contributed by atoms with Crippen LogP contribution in [0.2, 0.25) is 5.02 Å². The summed E-state index contributed by atoms with van der Waals surface area (Å²) in [5, 5.41) is 3.22. The number of halogens is 1. The van der Waals surface area contributed by atoms with E-state index in [9.17, 15) is 9.59 Å². The molecular formula is C16H14ClNO2. The molecule has 0 aliphatic rings. The number of nitrogens with one attached hydrogen (secondary N) is 1. The third-order valence-electron chi connectivity index (χ3n) is 2.89. The van der Waals surface area contributed by atoms with Gasteiger partial charge in [0.2, 0.25) is 0 Å². The standard InChI is InChI=1S/C16H14ClNO2/c1-2-15(19)13-10-12(17)8-9-14(13)18-16(20)11-6-4-3-5-7-11/h3-10H,2H2,1H3,(H,18,20). The van der Waals surface area contributed by atoms with Crippen molar-refractivity contribution in [1.82, 2.24) is 0 Å². The van der Waals surface area contributed by atoms with Crippen LogP contribution in [-0.4, -0.2) is 11.7 Å². The third kappa shape index (κ3) is 3.25. The topological polar surface area (TPSA) is 46.2 Å². The van der Waals surface area contributed by atoms with E-state index in [1.807, 2.05) is 6.07 Å². The van der Waals surface area contributed by atoms with Crippen molar-refractivity contribution in [2.75, 3.05) is 5.32 Å². The number of anilines is 1. The molecule has 1 N–H and O–H groups in total. The molecule has 3 nitrogen and oxygen atoms in total. The summed E-state index contributed by atoms with van der Waals surface area (Å²) in [5.74, 6) is -0.311. The molecule has 0 radical (unpaired) electrons. The second-order valence-electron chi connectivity index (χ2n) is 4.29. The highest BCUT2D eigenvalue weighted by atomic mass is 35.5. The van der Waals surface area contributed by atoms with Gasteiger partial charge in [-0.15, -0.1) is 0 Å². The summed E-state index contributed by atoms with van der Waals surface area (Å²) in [7, 11) is 0. The van der Waals surface area contributed by atoms with Gasteiger partial charge < -0.3 is 5.32 Å². The fraction of sp³-hybridized carbons (Fsp3) is 0.125. The molecule has 0 heterocycles. The number of benzene rings is 2. The molecule has 2 aromatic rings. The Balaban J connectivity index is 2.30. The minimum Gasteiger partial charge on any atom is -0.321 e. The van der Waals surface area contributed by atoms with Gasteiger partial charge in [0, 0.05) is 22.6 Å². The Hall–Kier alpha value is -2.13. The maximum atomic E-state index is 12.1. The number of ketones is 1. The van der Waals surface area contributed by atoms with Gasteiger partial charge in [-0.25, -0.2) is 0 Å². The van der Waals surface area contributed by atoms with E-state index in [0.717, 1.165) is 0 Å². The van der Waals surface area contributed by atoms with E-state index >= 15 is 0 Å². The molecule has 0 aromatic heterocycles. The molecular weight excluding hydrogens is 274 g/mol. The van der Waals surface area contributed by atoms with Crippen molar-refractivity contribution in [3.8, 4) is 0 Å². The van der Waals surface area contributed by atoms with Gasteiger partial charge in [-0.1, -0.05) is 36.7 Å². The van der Waals surface area contributed by atoms with Crippen LogP contribution in [0.15, 0.2) is 48.5 Å². The average Bonchev–Trinajstić information content (AvgIpc) is 2.49. The Labute approximate surface area is 122 Å². The maximum Gasteiger partial charge on any atom is 0.255 e. The number of carbonyl (C=O) groups excluding carboxylic acids is 2. The highest BCUT2D eigenvalue weighted by molar-refractivity contribution is 6.31. The Morgan fingerprint density at radius 2 is 1.80 bits per heavy atom. The van der Waals surface area contributed by atoms with Gasteiger partial charge in [-0.2, -0.15) is 0 Å². The van der Waals surface area contributed by atoms with Crippen molar-refractivity contribution in [1.29, 1.82) is 0 Å². The van der Waals surface area contributed by atoms with Crippen LogP contribution >= 0.6 is 11.6 Å². The SMILES string of the molecule is CCC(=O)c1cc(Cl)ccc1NC(=O)c1ccccc1. The van der Waals surface area contributed by atoms with Crippen LogP contribution in [0.1, 0.15) is 34.1 Å². The Morgan fingerprint density at radius 3 is 2.45 bits per heavy atom. The third-order valence-corrected chi connectivity index (χ3v) is 3.12. The van der Waals surface area contributed by atoms with E-state index in [-0.39, 0.29) is 11.7 Å². The first-order valence-electron chi connectivity index (χ1n) is 6.31. The number of hydrogen-bond donors (Lipinski definition) is 1. The van der Waals surface area contributed by atoms with Gasteiger partial charge in [0.15, 0.2) is 5.78 Å². The zero-order valence-corrected chi connectivity index (χ0v) is 11.8. The van der Waals surface area contributed by atoms with Crippen LogP contribution in [0.5, 0.6) is 0 Å². The monoisotopic (exact) mass is 287 g/mol. The smallest absolute Gasteiger partial charge is 0.255 e. The van der Waals surface area contributed by atoms with E-state index in [1.54, 1.807) is 49.4 Å². The molecule has 0 unspecified atom stereocenters. The fourth-order valence-electron chi connectivity index (χ4n) is 1.83. The van der Waals surface area contributed by atoms with Crippen LogP contribution in [0.3, 0.4) is 0 Å². The lowest BCUT2D eigenvalue weighted by molar-refractivity contribution is 0.0989. The van der Waals surface area contributed by atoms with E-state index in [0.29, 0.717) is 28.3 Å². The van der Waals surface area contributed by atoms with Crippen LogP contribution in [0.4, 0.5) is 5.69 Å². The predicted octanol–water partition coefficient (Wildman–Crippen LogP) is 4.19. The van der Waals surface area contributed by atoms with Crippen molar-refractivity contribution in [3.63, 3.8) is 0 Å². The quantitative estimate of drug-likeness (QED) is 0.857. The minimum absolute atomic E-state index is 0.0594. The molecule has 0 fully saturated rings. The molecule has 0 saturated carbocycles. The van der Waals surface area contributed by atoms with Gasteiger partial charge in [0.25, 0.3) is 5.91 Å². The zero-order valence-electron chi connectivity index (χ0n) is 11.0. The van der Waals surface area contributed by atoms with Crippen molar-refractivity contribution in [2.45, 2.75) is 13.3 Å². The average molecular weight is 288 g/mol. The Morgan fingerprint density at radius 1 is 1.10 bits per heavy atom. The van der Waals surface area contributed by atoms with Gasteiger partial charge >= 0.3 is 0 Å². The summed E-state index contributed by atoms with van der Waals surface area (Å²) in [4.78, 5) is 24.0. The predicted molar refractivity (Wildman–Crippen MR) is 80.5 cm³/mol. The molecule has 0 atom stereocenters. The number of rotatable bonds is 4. The van der Waals surface area contributed by atoms with Crippen LogP contribution in [0.25, 0.3) is 0 Å². The molecule has 1 amide bonds. The first-order valence-corrected chi connectivity index (χ1v) is 6.68. The molecule has 2 rings (SSSR count). The van der Waals surface area contributed by atoms with Crippen molar-refractivity contribution >= 4 is 29.0 Å². The summed E-state index contributed by atoms with van der Waals surface area (Å²) in [6.07, 6.45) is 0.356. The molecule has 0 spiro atoms. The molecule has 102 valence electrons. The van der Waals surface area contributed by atoms with E-state index in [1.165, 1.54) is 0 Å². The highest BCUT2D eigenvalue weighted by Crippen LogP contribution is 2.22. The van der Waals surface area contributed by atoms with Crippen molar-refractivity contribution < 1.29 is 9.59 Å². The van der Waals surface area contributed by atoms with E-state index < -0.39 is 0 Å². The number of Topliss-reactive ketones (excluding diaryl/α,β-unsaturated/α-hetero) is 1. The van der Waals surface area contributed by atoms with Gasteiger partial charge in [-0.05, 0) is 30.3 Å². The largest absolute Gasteiger partial charge is 0.321 e. The fourth-order valence-corrected chi connectivity index (χ4v) is 2.00. The second-order valence-corrected chi connectivity index (χ2v) is 4.72. The molecule has 0 bridgehead atoms. The normalized spacial score (nSPS) is 10.1. The maximum absolute atomic E-state index is 12.1. The van der Waals surface area contributed by atoms with E-state index in [4.69, 9.17) is 11.6 Å². The van der Waals surface area contributed by atoms with Crippen molar-refractivity contribution in [3.05, 3.63) is 64.7 Å². The van der Waals surface area contributed by atoms with Crippen LogP contribution in [-0.2, 0) is 0 Å². The lowest BCUT2D eigenvalue weighted by Gasteiger charge is -2.10. The number of carbonyl (C=O) groups is 2. The summed E-state index contributed by atoms with van der Waals surface area (Å²) >= 11 is 5.91. The summed E-state index contributed by atoms with van der Waals surface area (Å²) in [6, 6.07) is 13.7. The molecule has 4 heteroatoms. The lowest BCUT2D eigenvalue weighted by Crippen LogP contribution is -2.14. The van der Waals surface area contributed by atoms with Gasteiger partial charge in [0.1, 0.15) is 0 Å². The molecule has 2 aromatic carbocycles.